The van der Waals surface area contributed by atoms with Gasteiger partial charge in [0.05, 0.1) is 12.8 Å². The molecule has 0 aliphatic carbocycles. The first-order chi connectivity index (χ1) is 9.79. The van der Waals surface area contributed by atoms with Gasteiger partial charge in [-0.3, -0.25) is 0 Å². The van der Waals surface area contributed by atoms with E-state index in [4.69, 9.17) is 4.42 Å². The van der Waals surface area contributed by atoms with Crippen LogP contribution in [0.1, 0.15) is 37.5 Å². The van der Waals surface area contributed by atoms with Gasteiger partial charge in [0.2, 0.25) is 0 Å². The van der Waals surface area contributed by atoms with Crippen LogP contribution in [-0.2, 0) is 13.1 Å². The van der Waals surface area contributed by atoms with Crippen molar-refractivity contribution in [3.05, 3.63) is 23.7 Å². The Hall–Kier alpha value is -0.840. The van der Waals surface area contributed by atoms with Crippen molar-refractivity contribution in [2.24, 2.45) is 0 Å². The number of nitrogens with one attached hydrogen (secondary N) is 1. The molecule has 4 nitrogen and oxygen atoms in total. The standard InChI is InChI=1S/C16H29N3O/c1-3-7-17-13-16-15(6-12-20-16)14-18(2)10-11-19-8-4-5-9-19/h6,12,17H,3-5,7-11,13-14H2,1-2H3. The lowest BCUT2D eigenvalue weighted by Crippen LogP contribution is -2.31. The van der Waals surface area contributed by atoms with Crippen LogP contribution >= 0.6 is 0 Å². The summed E-state index contributed by atoms with van der Waals surface area (Å²) in [5.74, 6) is 1.09. The highest BCUT2D eigenvalue weighted by Crippen LogP contribution is 2.13. The molecule has 0 saturated carbocycles. The lowest BCUT2D eigenvalue weighted by Gasteiger charge is -2.21. The molecule has 1 aliphatic heterocycles. The van der Waals surface area contributed by atoms with Crippen LogP contribution in [0.4, 0.5) is 0 Å². The van der Waals surface area contributed by atoms with Gasteiger partial charge in [0.25, 0.3) is 0 Å². The summed E-state index contributed by atoms with van der Waals surface area (Å²) in [7, 11) is 2.20. The Morgan fingerprint density at radius 2 is 2.15 bits per heavy atom. The van der Waals surface area contributed by atoms with E-state index in [2.05, 4.69) is 35.2 Å². The third-order valence-corrected chi connectivity index (χ3v) is 3.99. The molecule has 20 heavy (non-hydrogen) atoms. The fraction of sp³-hybridized carbons (Fsp3) is 0.750. The minimum absolute atomic E-state index is 0.843. The SMILES string of the molecule is CCCNCc1occc1CN(C)CCN1CCCC1. The first kappa shape index (κ1) is 15.5. The molecule has 0 unspecified atom stereocenters. The molecule has 1 N–H and O–H groups in total. The average molecular weight is 279 g/mol. The molecule has 1 aromatic rings. The van der Waals surface area contributed by atoms with Crippen molar-refractivity contribution >= 4 is 0 Å². The van der Waals surface area contributed by atoms with Crippen molar-refractivity contribution in [3.63, 3.8) is 0 Å². The Morgan fingerprint density at radius 1 is 1.35 bits per heavy atom. The Morgan fingerprint density at radius 3 is 2.90 bits per heavy atom. The van der Waals surface area contributed by atoms with Crippen LogP contribution in [0.25, 0.3) is 0 Å². The maximum Gasteiger partial charge on any atom is 0.122 e. The zero-order valence-electron chi connectivity index (χ0n) is 13.0. The first-order valence-electron chi connectivity index (χ1n) is 7.96. The molecule has 0 atom stereocenters. The highest BCUT2D eigenvalue weighted by molar-refractivity contribution is 5.16. The van der Waals surface area contributed by atoms with Gasteiger partial charge in [-0.1, -0.05) is 6.92 Å². The van der Waals surface area contributed by atoms with Crippen LogP contribution < -0.4 is 5.32 Å². The minimum atomic E-state index is 0.843. The maximum absolute atomic E-state index is 5.59. The zero-order valence-corrected chi connectivity index (χ0v) is 13.0. The van der Waals surface area contributed by atoms with Gasteiger partial charge in [-0.15, -0.1) is 0 Å². The lowest BCUT2D eigenvalue weighted by atomic mass is 10.2. The smallest absolute Gasteiger partial charge is 0.122 e. The monoisotopic (exact) mass is 279 g/mol. The molecule has 1 saturated heterocycles. The van der Waals surface area contributed by atoms with Crippen LogP contribution in [-0.4, -0.2) is 49.6 Å². The first-order valence-corrected chi connectivity index (χ1v) is 7.96. The summed E-state index contributed by atoms with van der Waals surface area (Å²) in [5.41, 5.74) is 1.32. The number of hydrogen-bond donors (Lipinski definition) is 1. The number of rotatable bonds is 9. The number of hydrogen-bond acceptors (Lipinski definition) is 4. The quantitative estimate of drug-likeness (QED) is 0.703. The summed E-state index contributed by atoms with van der Waals surface area (Å²) in [5, 5.41) is 3.41. The fourth-order valence-corrected chi connectivity index (χ4v) is 2.73. The second-order valence-electron chi connectivity index (χ2n) is 5.83. The molecule has 0 amide bonds. The van der Waals surface area contributed by atoms with Gasteiger partial charge < -0.3 is 19.5 Å². The lowest BCUT2D eigenvalue weighted by molar-refractivity contribution is 0.251. The van der Waals surface area contributed by atoms with E-state index in [-0.39, 0.29) is 0 Å². The van der Waals surface area contributed by atoms with Crippen molar-refractivity contribution in [1.82, 2.24) is 15.1 Å². The molecule has 0 spiro atoms. The highest BCUT2D eigenvalue weighted by atomic mass is 16.3. The Balaban J connectivity index is 1.72. The van der Waals surface area contributed by atoms with E-state index in [9.17, 15) is 0 Å². The Bertz CT molecular complexity index is 372. The Kier molecular flexibility index (Phi) is 6.57. The number of likely N-dealkylation sites (tertiary alicyclic amines) is 1. The molecule has 0 bridgehead atoms. The van der Waals surface area contributed by atoms with Crippen molar-refractivity contribution in [1.29, 1.82) is 0 Å². The largest absolute Gasteiger partial charge is 0.468 e. The molecule has 114 valence electrons. The van der Waals surface area contributed by atoms with Crippen molar-refractivity contribution in [2.45, 2.75) is 39.3 Å². The van der Waals surface area contributed by atoms with Crippen molar-refractivity contribution in [3.8, 4) is 0 Å². The normalized spacial score (nSPS) is 16.4. The van der Waals surface area contributed by atoms with E-state index in [1.165, 1.54) is 38.0 Å². The zero-order chi connectivity index (χ0) is 14.2. The Labute approximate surface area is 123 Å². The molecule has 1 fully saturated rings. The van der Waals surface area contributed by atoms with Crippen LogP contribution in [0.5, 0.6) is 0 Å². The van der Waals surface area contributed by atoms with Gasteiger partial charge in [-0.25, -0.2) is 0 Å². The molecule has 2 rings (SSSR count). The van der Waals surface area contributed by atoms with Crippen LogP contribution in [0.3, 0.4) is 0 Å². The molecule has 1 aliphatic rings. The molecular weight excluding hydrogens is 250 g/mol. The summed E-state index contributed by atoms with van der Waals surface area (Å²) in [6.45, 7) is 9.94. The third kappa shape index (κ3) is 4.93. The minimum Gasteiger partial charge on any atom is -0.468 e. The fourth-order valence-electron chi connectivity index (χ4n) is 2.73. The third-order valence-electron chi connectivity index (χ3n) is 3.99. The topological polar surface area (TPSA) is 31.7 Å². The van der Waals surface area contributed by atoms with E-state index in [1.54, 1.807) is 0 Å². The van der Waals surface area contributed by atoms with Crippen molar-refractivity contribution < 1.29 is 4.42 Å². The van der Waals surface area contributed by atoms with E-state index < -0.39 is 0 Å². The van der Waals surface area contributed by atoms with Gasteiger partial charge in [0, 0.05) is 25.2 Å². The maximum atomic E-state index is 5.59. The second-order valence-corrected chi connectivity index (χ2v) is 5.83. The second kappa shape index (κ2) is 8.45. The van der Waals surface area contributed by atoms with Crippen LogP contribution in [0.2, 0.25) is 0 Å². The number of likely N-dealkylation sites (N-methyl/N-ethyl adjacent to an activating group) is 1. The number of nitrogens with zero attached hydrogens (tertiary/aromatic N) is 2. The molecule has 0 radical (unpaired) electrons. The summed E-state index contributed by atoms with van der Waals surface area (Å²) in [4.78, 5) is 4.96. The predicted octanol–water partition coefficient (Wildman–Crippen LogP) is 2.31. The average Bonchev–Trinajstić information content (AvgIpc) is 3.09. The summed E-state index contributed by atoms with van der Waals surface area (Å²) >= 11 is 0. The molecule has 2 heterocycles. The van der Waals surface area contributed by atoms with Crippen LogP contribution in [0.15, 0.2) is 16.7 Å². The van der Waals surface area contributed by atoms with E-state index in [0.717, 1.165) is 38.4 Å². The molecule has 4 heteroatoms. The van der Waals surface area contributed by atoms with E-state index >= 15 is 0 Å². The van der Waals surface area contributed by atoms with E-state index in [0.29, 0.717) is 0 Å². The summed E-state index contributed by atoms with van der Waals surface area (Å²) in [6.07, 6.45) is 5.72. The van der Waals surface area contributed by atoms with Gasteiger partial charge in [-0.2, -0.15) is 0 Å². The molecular formula is C16H29N3O. The molecule has 0 aromatic carbocycles. The summed E-state index contributed by atoms with van der Waals surface area (Å²) < 4.78 is 5.59. The van der Waals surface area contributed by atoms with Crippen molar-refractivity contribution in [2.75, 3.05) is 39.8 Å². The van der Waals surface area contributed by atoms with E-state index in [1.807, 2.05) is 6.26 Å². The summed E-state index contributed by atoms with van der Waals surface area (Å²) in [6, 6.07) is 2.11. The highest BCUT2D eigenvalue weighted by Gasteiger charge is 2.13. The molecule has 1 aromatic heterocycles. The van der Waals surface area contributed by atoms with Gasteiger partial charge in [0.1, 0.15) is 5.76 Å². The van der Waals surface area contributed by atoms with Gasteiger partial charge in [0.15, 0.2) is 0 Å². The van der Waals surface area contributed by atoms with Gasteiger partial charge in [-0.05, 0) is 52.0 Å². The van der Waals surface area contributed by atoms with Crippen LogP contribution in [0, 0.1) is 0 Å². The predicted molar refractivity (Wildman–Crippen MR) is 82.7 cm³/mol. The van der Waals surface area contributed by atoms with Gasteiger partial charge >= 0.3 is 0 Å². The number of furan rings is 1.